The maximum atomic E-state index is 3.58. The molecule has 0 bridgehead atoms. The summed E-state index contributed by atoms with van der Waals surface area (Å²) in [5, 5.41) is 3.58. The average Bonchev–Trinajstić information content (AvgIpc) is 2.63. The van der Waals surface area contributed by atoms with E-state index in [1.807, 2.05) is 0 Å². The van der Waals surface area contributed by atoms with Gasteiger partial charge in [0.1, 0.15) is 0 Å². The van der Waals surface area contributed by atoms with Crippen LogP contribution in [0.4, 0.5) is 0 Å². The van der Waals surface area contributed by atoms with Gasteiger partial charge in [0.15, 0.2) is 0 Å². The average molecular weight is 296 g/mol. The second kappa shape index (κ2) is 4.40. The summed E-state index contributed by atoms with van der Waals surface area (Å²) >= 11 is 3.46. The van der Waals surface area contributed by atoms with Crippen molar-refractivity contribution in [2.75, 3.05) is 6.54 Å². The number of rotatable bonds is 4. The molecule has 1 aliphatic carbocycles. The summed E-state index contributed by atoms with van der Waals surface area (Å²) in [7, 11) is 0. The van der Waals surface area contributed by atoms with Crippen molar-refractivity contribution < 1.29 is 0 Å². The molecule has 2 heteroatoms. The predicted octanol–water partition coefficient (Wildman–Crippen LogP) is 4.22. The van der Waals surface area contributed by atoms with Gasteiger partial charge in [0, 0.05) is 11.0 Å². The minimum absolute atomic E-state index is 0.486. The van der Waals surface area contributed by atoms with Crippen LogP contribution in [0.2, 0.25) is 0 Å². The quantitative estimate of drug-likeness (QED) is 0.877. The molecule has 0 saturated heterocycles. The Hall–Kier alpha value is -0.340. The molecule has 0 heterocycles. The minimum atomic E-state index is 0.486. The molecule has 0 amide bonds. The zero-order valence-electron chi connectivity index (χ0n) is 11.2. The summed E-state index contributed by atoms with van der Waals surface area (Å²) in [6.07, 6.45) is 0. The first-order valence-electron chi connectivity index (χ1n) is 6.31. The summed E-state index contributed by atoms with van der Waals surface area (Å²) in [5.41, 5.74) is 2.32. The van der Waals surface area contributed by atoms with Crippen LogP contribution in [0.1, 0.15) is 33.3 Å². The lowest BCUT2D eigenvalue weighted by molar-refractivity contribution is 0.457. The molecule has 17 heavy (non-hydrogen) atoms. The largest absolute Gasteiger partial charge is 0.312 e. The van der Waals surface area contributed by atoms with Crippen LogP contribution in [-0.2, 0) is 6.54 Å². The van der Waals surface area contributed by atoms with Crippen LogP contribution in [-0.4, -0.2) is 6.54 Å². The second-order valence-corrected chi connectivity index (χ2v) is 7.17. The van der Waals surface area contributed by atoms with Gasteiger partial charge in [0.25, 0.3) is 0 Å². The molecule has 94 valence electrons. The van der Waals surface area contributed by atoms with Crippen molar-refractivity contribution >= 4 is 15.9 Å². The molecule has 0 aliphatic heterocycles. The number of benzene rings is 1. The van der Waals surface area contributed by atoms with Gasteiger partial charge in [0.05, 0.1) is 0 Å². The fourth-order valence-corrected chi connectivity index (χ4v) is 3.07. The molecule has 1 nitrogen and oxygen atoms in total. The standard InChI is InChI=1S/C15H22BrN/c1-14(2)13(15(14,3)4)10-17-9-11-5-7-12(16)8-6-11/h5-8,13,17H,9-10H2,1-4H3. The van der Waals surface area contributed by atoms with E-state index >= 15 is 0 Å². The van der Waals surface area contributed by atoms with Gasteiger partial charge < -0.3 is 5.32 Å². The number of hydrogen-bond donors (Lipinski definition) is 1. The van der Waals surface area contributed by atoms with E-state index in [-0.39, 0.29) is 0 Å². The van der Waals surface area contributed by atoms with Crippen LogP contribution in [0, 0.1) is 16.7 Å². The molecule has 0 atom stereocenters. The molecule has 1 saturated carbocycles. The van der Waals surface area contributed by atoms with Gasteiger partial charge in [-0.05, 0) is 41.0 Å². The van der Waals surface area contributed by atoms with E-state index in [9.17, 15) is 0 Å². The van der Waals surface area contributed by atoms with Crippen molar-refractivity contribution in [1.29, 1.82) is 0 Å². The predicted molar refractivity (Wildman–Crippen MR) is 76.9 cm³/mol. The minimum Gasteiger partial charge on any atom is -0.312 e. The van der Waals surface area contributed by atoms with E-state index in [2.05, 4.69) is 73.2 Å². The highest BCUT2D eigenvalue weighted by Crippen LogP contribution is 2.67. The van der Waals surface area contributed by atoms with Crippen LogP contribution < -0.4 is 5.32 Å². The number of halogens is 1. The van der Waals surface area contributed by atoms with Gasteiger partial charge in [-0.25, -0.2) is 0 Å². The van der Waals surface area contributed by atoms with Crippen molar-refractivity contribution in [2.45, 2.75) is 34.2 Å². The normalized spacial score (nSPS) is 21.5. The molecule has 2 rings (SSSR count). The lowest BCUT2D eigenvalue weighted by Gasteiger charge is -2.06. The zero-order chi connectivity index (χ0) is 12.7. The first kappa shape index (κ1) is 13.1. The van der Waals surface area contributed by atoms with Crippen molar-refractivity contribution in [1.82, 2.24) is 5.32 Å². The summed E-state index contributed by atoms with van der Waals surface area (Å²) in [6, 6.07) is 8.53. The Balaban J connectivity index is 1.80. The number of hydrogen-bond acceptors (Lipinski definition) is 1. The van der Waals surface area contributed by atoms with E-state index < -0.39 is 0 Å². The van der Waals surface area contributed by atoms with E-state index in [4.69, 9.17) is 0 Å². The summed E-state index contributed by atoms with van der Waals surface area (Å²) in [6.45, 7) is 11.6. The molecular formula is C15H22BrN. The van der Waals surface area contributed by atoms with Gasteiger partial charge >= 0.3 is 0 Å². The van der Waals surface area contributed by atoms with Crippen LogP contribution in [0.5, 0.6) is 0 Å². The molecule has 1 aromatic rings. The fourth-order valence-electron chi connectivity index (χ4n) is 2.81. The van der Waals surface area contributed by atoms with E-state index in [0.29, 0.717) is 10.8 Å². The highest BCUT2D eigenvalue weighted by atomic mass is 79.9. The highest BCUT2D eigenvalue weighted by molar-refractivity contribution is 9.10. The summed E-state index contributed by atoms with van der Waals surface area (Å²) < 4.78 is 1.14. The van der Waals surface area contributed by atoms with Gasteiger partial charge in [-0.15, -0.1) is 0 Å². The Labute approximate surface area is 113 Å². The Bertz CT molecular complexity index is 378. The Kier molecular flexibility index (Phi) is 3.39. The first-order valence-corrected chi connectivity index (χ1v) is 7.10. The molecule has 0 unspecified atom stereocenters. The van der Waals surface area contributed by atoms with Crippen LogP contribution >= 0.6 is 15.9 Å². The maximum Gasteiger partial charge on any atom is 0.0205 e. The van der Waals surface area contributed by atoms with E-state index in [0.717, 1.165) is 23.5 Å². The van der Waals surface area contributed by atoms with Crippen molar-refractivity contribution in [3.63, 3.8) is 0 Å². The summed E-state index contributed by atoms with van der Waals surface area (Å²) in [4.78, 5) is 0. The van der Waals surface area contributed by atoms with Gasteiger partial charge in [-0.3, -0.25) is 0 Å². The SMILES string of the molecule is CC1(C)C(CNCc2ccc(Br)cc2)C1(C)C. The van der Waals surface area contributed by atoms with Crippen LogP contribution in [0.3, 0.4) is 0 Å². The molecule has 1 fully saturated rings. The van der Waals surface area contributed by atoms with Gasteiger partial charge in [-0.1, -0.05) is 55.8 Å². The van der Waals surface area contributed by atoms with Gasteiger partial charge in [0.2, 0.25) is 0 Å². The third kappa shape index (κ3) is 2.43. The molecule has 1 aliphatic rings. The molecule has 0 radical (unpaired) electrons. The van der Waals surface area contributed by atoms with E-state index in [1.165, 1.54) is 5.56 Å². The molecule has 1 N–H and O–H groups in total. The van der Waals surface area contributed by atoms with Gasteiger partial charge in [-0.2, -0.15) is 0 Å². The second-order valence-electron chi connectivity index (χ2n) is 6.25. The molecular weight excluding hydrogens is 274 g/mol. The van der Waals surface area contributed by atoms with Crippen molar-refractivity contribution in [2.24, 2.45) is 16.7 Å². The molecule has 0 aromatic heterocycles. The highest BCUT2D eigenvalue weighted by Gasteiger charge is 2.63. The Morgan fingerprint density at radius 2 is 1.59 bits per heavy atom. The molecule has 0 spiro atoms. The summed E-state index contributed by atoms with van der Waals surface area (Å²) in [5.74, 6) is 0.797. The molecule has 1 aromatic carbocycles. The third-order valence-electron chi connectivity index (χ3n) is 4.91. The monoisotopic (exact) mass is 295 g/mol. The van der Waals surface area contributed by atoms with Crippen molar-refractivity contribution in [3.8, 4) is 0 Å². The Morgan fingerprint density at radius 1 is 1.06 bits per heavy atom. The lowest BCUT2D eigenvalue weighted by Crippen LogP contribution is -2.18. The maximum absolute atomic E-state index is 3.58. The van der Waals surface area contributed by atoms with E-state index in [1.54, 1.807) is 0 Å². The lowest BCUT2D eigenvalue weighted by atomic mass is 10.0. The van der Waals surface area contributed by atoms with Crippen molar-refractivity contribution in [3.05, 3.63) is 34.3 Å². The topological polar surface area (TPSA) is 12.0 Å². The first-order chi connectivity index (χ1) is 7.85. The van der Waals surface area contributed by atoms with Crippen LogP contribution in [0.25, 0.3) is 0 Å². The van der Waals surface area contributed by atoms with Crippen LogP contribution in [0.15, 0.2) is 28.7 Å². The number of nitrogens with one attached hydrogen (secondary N) is 1. The zero-order valence-corrected chi connectivity index (χ0v) is 12.8. The third-order valence-corrected chi connectivity index (χ3v) is 5.44. The Morgan fingerprint density at radius 3 is 2.06 bits per heavy atom. The smallest absolute Gasteiger partial charge is 0.0205 e. The fraction of sp³-hybridized carbons (Fsp3) is 0.600.